The molecule has 0 aliphatic carbocycles. The normalized spacial score (nSPS) is 19.9. The van der Waals surface area contributed by atoms with Crippen LogP contribution in [0, 0.1) is 0 Å². The van der Waals surface area contributed by atoms with E-state index in [1.165, 1.54) is 18.5 Å². The maximum Gasteiger partial charge on any atom is 0.191 e. The Balaban J connectivity index is 0.00000300. The highest BCUT2D eigenvalue weighted by atomic mass is 127. The van der Waals surface area contributed by atoms with E-state index in [-0.39, 0.29) is 30.1 Å². The van der Waals surface area contributed by atoms with Crippen molar-refractivity contribution in [3.8, 4) is 11.5 Å². The van der Waals surface area contributed by atoms with Crippen molar-refractivity contribution in [2.75, 3.05) is 33.3 Å². The van der Waals surface area contributed by atoms with Crippen molar-refractivity contribution in [2.24, 2.45) is 4.99 Å². The first kappa shape index (κ1) is 24.1. The fourth-order valence-corrected chi connectivity index (χ4v) is 4.09. The number of halogens is 1. The van der Waals surface area contributed by atoms with Gasteiger partial charge in [-0.15, -0.1) is 24.0 Å². The SMILES string of the molecule is CCCN1CCC(NC(=NC)NCc2cc3c(cc2OCC)CC(C)O3)CC1.I. The van der Waals surface area contributed by atoms with Crippen molar-refractivity contribution in [1.82, 2.24) is 15.5 Å². The van der Waals surface area contributed by atoms with Gasteiger partial charge in [0.25, 0.3) is 0 Å². The second-order valence-corrected chi connectivity index (χ2v) is 7.82. The second-order valence-electron chi connectivity index (χ2n) is 7.82. The van der Waals surface area contributed by atoms with Gasteiger partial charge in [0.2, 0.25) is 0 Å². The van der Waals surface area contributed by atoms with Crippen LogP contribution in [0.3, 0.4) is 0 Å². The van der Waals surface area contributed by atoms with E-state index in [2.05, 4.69) is 46.5 Å². The molecular weight excluding hydrogens is 479 g/mol. The quantitative estimate of drug-likeness (QED) is 0.330. The van der Waals surface area contributed by atoms with E-state index in [9.17, 15) is 0 Å². The lowest BCUT2D eigenvalue weighted by molar-refractivity contribution is 0.206. The van der Waals surface area contributed by atoms with Crippen LogP contribution in [0.1, 0.15) is 51.2 Å². The molecule has 6 nitrogen and oxygen atoms in total. The number of aliphatic imine (C=N–C) groups is 1. The molecule has 0 radical (unpaired) electrons. The molecule has 2 aliphatic heterocycles. The van der Waals surface area contributed by atoms with Crippen LogP contribution in [0.25, 0.3) is 0 Å². The van der Waals surface area contributed by atoms with Gasteiger partial charge in [0, 0.05) is 50.3 Å². The summed E-state index contributed by atoms with van der Waals surface area (Å²) in [4.78, 5) is 6.97. The van der Waals surface area contributed by atoms with Crippen LogP contribution in [0.15, 0.2) is 17.1 Å². The molecule has 2 heterocycles. The Kier molecular flexibility index (Phi) is 9.82. The fourth-order valence-electron chi connectivity index (χ4n) is 4.09. The lowest BCUT2D eigenvalue weighted by Crippen LogP contribution is -2.48. The highest BCUT2D eigenvalue weighted by Gasteiger charge is 2.22. The summed E-state index contributed by atoms with van der Waals surface area (Å²) in [6, 6.07) is 4.74. The lowest BCUT2D eigenvalue weighted by Gasteiger charge is -2.32. The maximum absolute atomic E-state index is 5.93. The molecule has 2 N–H and O–H groups in total. The van der Waals surface area contributed by atoms with Gasteiger partial charge >= 0.3 is 0 Å². The van der Waals surface area contributed by atoms with Crippen molar-refractivity contribution in [3.05, 3.63) is 23.3 Å². The van der Waals surface area contributed by atoms with Gasteiger partial charge < -0.3 is 25.0 Å². The van der Waals surface area contributed by atoms with E-state index in [4.69, 9.17) is 9.47 Å². The van der Waals surface area contributed by atoms with Gasteiger partial charge in [-0.1, -0.05) is 6.92 Å². The second kappa shape index (κ2) is 11.8. The third-order valence-electron chi connectivity index (χ3n) is 5.52. The van der Waals surface area contributed by atoms with E-state index < -0.39 is 0 Å². The van der Waals surface area contributed by atoms with E-state index >= 15 is 0 Å². The summed E-state index contributed by atoms with van der Waals surface area (Å²) >= 11 is 0. The van der Waals surface area contributed by atoms with Crippen molar-refractivity contribution < 1.29 is 9.47 Å². The minimum atomic E-state index is 0. The number of guanidine groups is 1. The first-order valence-corrected chi connectivity index (χ1v) is 10.8. The Morgan fingerprint density at radius 1 is 1.28 bits per heavy atom. The Morgan fingerprint density at radius 3 is 2.69 bits per heavy atom. The zero-order valence-corrected chi connectivity index (χ0v) is 20.6. The number of rotatable bonds is 7. The number of nitrogens with one attached hydrogen (secondary N) is 2. The molecule has 1 atom stereocenters. The van der Waals surface area contributed by atoms with Gasteiger partial charge in [-0.05, 0) is 51.8 Å². The van der Waals surface area contributed by atoms with Gasteiger partial charge in [0.05, 0.1) is 6.61 Å². The van der Waals surface area contributed by atoms with Gasteiger partial charge in [-0.3, -0.25) is 4.99 Å². The first-order chi connectivity index (χ1) is 13.6. The molecule has 3 rings (SSSR count). The predicted octanol–water partition coefficient (Wildman–Crippen LogP) is 3.57. The monoisotopic (exact) mass is 516 g/mol. The number of hydrogen-bond acceptors (Lipinski definition) is 4. The molecule has 1 saturated heterocycles. The minimum absolute atomic E-state index is 0. The number of likely N-dealkylation sites (tertiary alicyclic amines) is 1. The highest BCUT2D eigenvalue weighted by Crippen LogP contribution is 2.35. The molecule has 0 amide bonds. The van der Waals surface area contributed by atoms with Gasteiger partial charge in [-0.2, -0.15) is 0 Å². The molecule has 164 valence electrons. The van der Waals surface area contributed by atoms with Crippen molar-refractivity contribution in [1.29, 1.82) is 0 Å². The molecule has 29 heavy (non-hydrogen) atoms. The highest BCUT2D eigenvalue weighted by molar-refractivity contribution is 14.0. The maximum atomic E-state index is 5.93. The minimum Gasteiger partial charge on any atom is -0.494 e. The molecule has 1 unspecified atom stereocenters. The molecule has 1 aromatic rings. The lowest BCUT2D eigenvalue weighted by atomic mass is 10.0. The first-order valence-electron chi connectivity index (χ1n) is 10.8. The number of fused-ring (bicyclic) bond motifs is 1. The molecule has 7 heteroatoms. The smallest absolute Gasteiger partial charge is 0.191 e. The summed E-state index contributed by atoms with van der Waals surface area (Å²) in [5.74, 6) is 2.78. The Labute approximate surface area is 192 Å². The van der Waals surface area contributed by atoms with Gasteiger partial charge in [0.1, 0.15) is 17.6 Å². The van der Waals surface area contributed by atoms with Crippen molar-refractivity contribution >= 4 is 29.9 Å². The zero-order valence-electron chi connectivity index (χ0n) is 18.3. The van der Waals surface area contributed by atoms with E-state index in [1.807, 2.05) is 14.0 Å². The summed E-state index contributed by atoms with van der Waals surface area (Å²) < 4.78 is 11.8. The molecule has 0 aromatic heterocycles. The topological polar surface area (TPSA) is 58.1 Å². The Hall–Kier alpha value is -1.22. The molecular formula is C22H37IN4O2. The molecule has 1 fully saturated rings. The summed E-state index contributed by atoms with van der Waals surface area (Å²) in [6.45, 7) is 11.2. The van der Waals surface area contributed by atoms with Gasteiger partial charge in [0.15, 0.2) is 5.96 Å². The van der Waals surface area contributed by atoms with Crippen LogP contribution in [-0.2, 0) is 13.0 Å². The molecule has 0 bridgehead atoms. The van der Waals surface area contributed by atoms with Crippen LogP contribution >= 0.6 is 24.0 Å². The summed E-state index contributed by atoms with van der Waals surface area (Å²) in [6.07, 6.45) is 4.74. The van der Waals surface area contributed by atoms with Crippen LogP contribution in [0.4, 0.5) is 0 Å². The Bertz CT molecular complexity index is 675. The summed E-state index contributed by atoms with van der Waals surface area (Å²) in [5.41, 5.74) is 2.34. The average molecular weight is 516 g/mol. The molecule has 0 spiro atoms. The summed E-state index contributed by atoms with van der Waals surface area (Å²) in [5, 5.41) is 7.05. The van der Waals surface area contributed by atoms with Crippen molar-refractivity contribution in [2.45, 2.75) is 65.1 Å². The molecule has 0 saturated carbocycles. The van der Waals surface area contributed by atoms with Crippen LogP contribution in [0.5, 0.6) is 11.5 Å². The molecule has 1 aromatic carbocycles. The van der Waals surface area contributed by atoms with Crippen LogP contribution in [0.2, 0.25) is 0 Å². The fraction of sp³-hybridized carbons (Fsp3) is 0.682. The van der Waals surface area contributed by atoms with Gasteiger partial charge in [-0.25, -0.2) is 0 Å². The van der Waals surface area contributed by atoms with E-state index in [0.29, 0.717) is 19.2 Å². The average Bonchev–Trinajstić information content (AvgIpc) is 3.05. The predicted molar refractivity (Wildman–Crippen MR) is 130 cm³/mol. The number of piperidine rings is 1. The Morgan fingerprint density at radius 2 is 2.03 bits per heavy atom. The summed E-state index contributed by atoms with van der Waals surface area (Å²) in [7, 11) is 1.83. The zero-order chi connectivity index (χ0) is 19.9. The standard InChI is InChI=1S/C22H36N4O2.HI/c1-5-9-26-10-7-19(8-11-26)25-22(23-4)24-15-18-14-21-17(12-16(3)28-21)13-20(18)27-6-2;/h13-14,16,19H,5-12,15H2,1-4H3,(H2,23,24,25);1H. The van der Waals surface area contributed by atoms with E-state index in [1.54, 1.807) is 0 Å². The van der Waals surface area contributed by atoms with Crippen LogP contribution < -0.4 is 20.1 Å². The largest absolute Gasteiger partial charge is 0.494 e. The number of benzene rings is 1. The number of ether oxygens (including phenoxy) is 2. The molecule has 2 aliphatic rings. The van der Waals surface area contributed by atoms with E-state index in [0.717, 1.165) is 55.4 Å². The van der Waals surface area contributed by atoms with Crippen LogP contribution in [-0.4, -0.2) is 56.3 Å². The van der Waals surface area contributed by atoms with Crippen molar-refractivity contribution in [3.63, 3.8) is 0 Å². The number of nitrogens with zero attached hydrogens (tertiary/aromatic N) is 2. The third kappa shape index (κ3) is 6.64. The number of hydrogen-bond donors (Lipinski definition) is 2. The third-order valence-corrected chi connectivity index (χ3v) is 5.52.